The molecule has 3 aliphatic heterocycles. The van der Waals surface area contributed by atoms with E-state index < -0.39 is 0 Å². The zero-order chi connectivity index (χ0) is 18.5. The third-order valence-corrected chi connectivity index (χ3v) is 5.93. The van der Waals surface area contributed by atoms with Gasteiger partial charge in [-0.1, -0.05) is 18.2 Å². The largest absolute Gasteiger partial charge is 0.381 e. The van der Waals surface area contributed by atoms with Gasteiger partial charge in [0.25, 0.3) is 0 Å². The van der Waals surface area contributed by atoms with E-state index in [2.05, 4.69) is 46.3 Å². The molecule has 0 spiro atoms. The summed E-state index contributed by atoms with van der Waals surface area (Å²) < 4.78 is 11.3. The molecule has 1 aromatic rings. The van der Waals surface area contributed by atoms with Gasteiger partial charge in [-0.2, -0.15) is 0 Å². The van der Waals surface area contributed by atoms with Crippen molar-refractivity contribution in [3.05, 3.63) is 29.8 Å². The van der Waals surface area contributed by atoms with Gasteiger partial charge in [0.15, 0.2) is 5.96 Å². The lowest BCUT2D eigenvalue weighted by Crippen LogP contribution is -2.49. The Morgan fingerprint density at radius 3 is 2.81 bits per heavy atom. The van der Waals surface area contributed by atoms with Crippen molar-refractivity contribution in [3.8, 4) is 0 Å². The normalized spacial score (nSPS) is 24.9. The maximum absolute atomic E-state index is 5.70. The number of anilines is 1. The second kappa shape index (κ2) is 9.04. The molecule has 0 aliphatic carbocycles. The first-order valence-electron chi connectivity index (χ1n) is 10.4. The fourth-order valence-corrected chi connectivity index (χ4v) is 4.46. The van der Waals surface area contributed by atoms with E-state index in [-0.39, 0.29) is 0 Å². The number of hydrogen-bond acceptors (Lipinski definition) is 4. The number of aliphatic imine (C=N–C) groups is 1. The number of rotatable bonds is 5. The maximum Gasteiger partial charge on any atom is 0.198 e. The van der Waals surface area contributed by atoms with Crippen molar-refractivity contribution in [2.45, 2.75) is 25.8 Å². The van der Waals surface area contributed by atoms with Gasteiger partial charge in [-0.05, 0) is 31.4 Å². The Hall–Kier alpha value is -1.63. The molecule has 1 aromatic carbocycles. The summed E-state index contributed by atoms with van der Waals surface area (Å²) in [5.74, 6) is 1.58. The van der Waals surface area contributed by atoms with E-state index in [4.69, 9.17) is 14.5 Å². The van der Waals surface area contributed by atoms with Crippen LogP contribution in [0.2, 0.25) is 0 Å². The summed E-state index contributed by atoms with van der Waals surface area (Å²) in [4.78, 5) is 10.0. The summed E-state index contributed by atoms with van der Waals surface area (Å²) in [5, 5.41) is 3.52. The molecular weight excluding hydrogens is 340 g/mol. The van der Waals surface area contributed by atoms with Crippen molar-refractivity contribution < 1.29 is 9.47 Å². The van der Waals surface area contributed by atoms with Crippen molar-refractivity contribution in [3.63, 3.8) is 0 Å². The fraction of sp³-hybridized carbons (Fsp3) is 0.667. The quantitative estimate of drug-likeness (QED) is 0.630. The van der Waals surface area contributed by atoms with Crippen molar-refractivity contribution in [2.75, 3.05) is 64.1 Å². The summed E-state index contributed by atoms with van der Waals surface area (Å²) in [6.45, 7) is 10.2. The monoisotopic (exact) mass is 372 g/mol. The average molecular weight is 373 g/mol. The highest BCUT2D eigenvalue weighted by Crippen LogP contribution is 2.28. The first-order chi connectivity index (χ1) is 13.4. The molecule has 2 atom stereocenters. The summed E-state index contributed by atoms with van der Waals surface area (Å²) >= 11 is 0. The van der Waals surface area contributed by atoms with Gasteiger partial charge in [0.2, 0.25) is 0 Å². The van der Waals surface area contributed by atoms with Crippen LogP contribution >= 0.6 is 0 Å². The maximum atomic E-state index is 5.70. The summed E-state index contributed by atoms with van der Waals surface area (Å²) in [7, 11) is 0. The molecule has 2 saturated heterocycles. The van der Waals surface area contributed by atoms with Crippen molar-refractivity contribution >= 4 is 11.6 Å². The molecule has 2 fully saturated rings. The molecule has 0 aromatic heterocycles. The highest BCUT2D eigenvalue weighted by molar-refractivity contribution is 5.98. The molecule has 0 saturated carbocycles. The Bertz CT molecular complexity index is 639. The topological polar surface area (TPSA) is 49.3 Å². The van der Waals surface area contributed by atoms with Crippen molar-refractivity contribution in [1.29, 1.82) is 0 Å². The van der Waals surface area contributed by atoms with E-state index in [1.54, 1.807) is 0 Å². The Labute approximate surface area is 162 Å². The molecule has 1 N–H and O–H groups in total. The van der Waals surface area contributed by atoms with Crippen LogP contribution in [0.3, 0.4) is 0 Å². The van der Waals surface area contributed by atoms with Gasteiger partial charge in [-0.25, -0.2) is 0 Å². The summed E-state index contributed by atoms with van der Waals surface area (Å²) in [5.41, 5.74) is 2.71. The molecule has 2 unspecified atom stereocenters. The molecule has 6 heteroatoms. The van der Waals surface area contributed by atoms with Gasteiger partial charge in [0.1, 0.15) is 0 Å². The summed E-state index contributed by atoms with van der Waals surface area (Å²) in [6.07, 6.45) is 2.23. The molecule has 6 nitrogen and oxygen atoms in total. The van der Waals surface area contributed by atoms with Crippen LogP contribution in [0.4, 0.5) is 5.69 Å². The van der Waals surface area contributed by atoms with Crippen LogP contribution in [0, 0.1) is 5.92 Å². The Kier molecular flexibility index (Phi) is 6.27. The van der Waals surface area contributed by atoms with Crippen LogP contribution in [0.25, 0.3) is 0 Å². The predicted octanol–water partition coefficient (Wildman–Crippen LogP) is 1.75. The van der Waals surface area contributed by atoms with E-state index in [0.29, 0.717) is 12.0 Å². The molecule has 4 rings (SSSR count). The van der Waals surface area contributed by atoms with Gasteiger partial charge in [-0.3, -0.25) is 9.89 Å². The van der Waals surface area contributed by atoms with Crippen LogP contribution in [0.1, 0.15) is 18.9 Å². The van der Waals surface area contributed by atoms with Crippen molar-refractivity contribution in [1.82, 2.24) is 10.2 Å². The van der Waals surface area contributed by atoms with Gasteiger partial charge >= 0.3 is 0 Å². The number of benzene rings is 1. The molecule has 3 heterocycles. The van der Waals surface area contributed by atoms with E-state index in [0.717, 1.165) is 78.0 Å². The molecule has 3 aliphatic rings. The summed E-state index contributed by atoms with van der Waals surface area (Å²) in [6, 6.07) is 9.11. The van der Waals surface area contributed by atoms with Gasteiger partial charge < -0.3 is 19.7 Å². The van der Waals surface area contributed by atoms with E-state index >= 15 is 0 Å². The van der Waals surface area contributed by atoms with Gasteiger partial charge in [-0.15, -0.1) is 0 Å². The first kappa shape index (κ1) is 18.7. The minimum atomic E-state index is 0.433. The lowest BCUT2D eigenvalue weighted by molar-refractivity contribution is 0.00369. The number of morpholine rings is 1. The van der Waals surface area contributed by atoms with E-state index in [9.17, 15) is 0 Å². The number of nitrogens with one attached hydrogen (secondary N) is 1. The number of nitrogens with zero attached hydrogens (tertiary/aromatic N) is 3. The lowest BCUT2D eigenvalue weighted by atomic mass is 9.97. The number of fused-ring (bicyclic) bond motifs is 1. The number of guanidine groups is 1. The van der Waals surface area contributed by atoms with Crippen LogP contribution in [0.5, 0.6) is 0 Å². The zero-order valence-corrected chi connectivity index (χ0v) is 16.4. The minimum absolute atomic E-state index is 0.433. The van der Waals surface area contributed by atoms with Crippen LogP contribution < -0.4 is 10.2 Å². The lowest BCUT2D eigenvalue weighted by Gasteiger charge is -2.37. The number of para-hydroxylation sites is 1. The van der Waals surface area contributed by atoms with Gasteiger partial charge in [0, 0.05) is 50.4 Å². The molecule has 0 radical (unpaired) electrons. The second-order valence-corrected chi connectivity index (χ2v) is 7.56. The fourth-order valence-electron chi connectivity index (χ4n) is 4.46. The van der Waals surface area contributed by atoms with Crippen molar-refractivity contribution in [2.24, 2.45) is 10.9 Å². The highest BCUT2D eigenvalue weighted by Gasteiger charge is 2.32. The first-order valence-corrected chi connectivity index (χ1v) is 10.4. The Morgan fingerprint density at radius 2 is 2.04 bits per heavy atom. The molecule has 27 heavy (non-hydrogen) atoms. The SMILES string of the molecule is CCNC(=NCC(C1CCOC1)N1CCOCC1)N1CCc2ccccc21. The average Bonchev–Trinajstić information content (AvgIpc) is 3.38. The molecule has 0 amide bonds. The van der Waals surface area contributed by atoms with Crippen LogP contribution in [-0.2, 0) is 15.9 Å². The third-order valence-electron chi connectivity index (χ3n) is 5.93. The Balaban J connectivity index is 1.52. The second-order valence-electron chi connectivity index (χ2n) is 7.56. The molecule has 148 valence electrons. The number of hydrogen-bond donors (Lipinski definition) is 1. The van der Waals surface area contributed by atoms with E-state index in [1.165, 1.54) is 11.3 Å². The standard InChI is InChI=1S/C21H32N4O2/c1-2-22-21(25-9-7-17-5-3-4-6-19(17)25)23-15-20(18-8-12-27-16-18)24-10-13-26-14-11-24/h3-6,18,20H,2,7-16H2,1H3,(H,22,23). The molecular formula is C21H32N4O2. The van der Waals surface area contributed by atoms with E-state index in [1.807, 2.05) is 0 Å². The van der Waals surface area contributed by atoms with Gasteiger partial charge in [0.05, 0.1) is 26.4 Å². The smallest absolute Gasteiger partial charge is 0.198 e. The predicted molar refractivity (Wildman–Crippen MR) is 109 cm³/mol. The van der Waals surface area contributed by atoms with Crippen LogP contribution in [-0.4, -0.2) is 76.1 Å². The number of ether oxygens (including phenoxy) is 2. The minimum Gasteiger partial charge on any atom is -0.381 e. The molecule has 0 bridgehead atoms. The zero-order valence-electron chi connectivity index (χ0n) is 16.4. The highest BCUT2D eigenvalue weighted by atomic mass is 16.5. The van der Waals surface area contributed by atoms with Crippen LogP contribution in [0.15, 0.2) is 29.3 Å². The Morgan fingerprint density at radius 1 is 1.19 bits per heavy atom. The third kappa shape index (κ3) is 4.28.